The van der Waals surface area contributed by atoms with Crippen LogP contribution >= 0.6 is 0 Å². The lowest BCUT2D eigenvalue weighted by atomic mass is 10.1. The summed E-state index contributed by atoms with van der Waals surface area (Å²) in [6.45, 7) is 0.303. The van der Waals surface area contributed by atoms with E-state index in [-0.39, 0.29) is 24.0 Å². The summed E-state index contributed by atoms with van der Waals surface area (Å²) >= 11 is 0. The number of likely N-dealkylation sites (N-methyl/N-ethyl adjacent to an activating group) is 1. The van der Waals surface area contributed by atoms with Gasteiger partial charge in [-0.25, -0.2) is 0 Å². The smallest absolute Gasteiger partial charge is 0.255 e. The molecular formula is C22H28N4O6. The van der Waals surface area contributed by atoms with Gasteiger partial charge in [-0.2, -0.15) is 0 Å². The van der Waals surface area contributed by atoms with E-state index in [4.69, 9.17) is 20.9 Å². The minimum Gasteiger partial charge on any atom is -0.502 e. The van der Waals surface area contributed by atoms with Crippen molar-refractivity contribution in [3.63, 3.8) is 0 Å². The number of fused-ring (bicyclic) bond motifs is 1. The Morgan fingerprint density at radius 3 is 2.38 bits per heavy atom. The zero-order valence-electron chi connectivity index (χ0n) is 18.3. The molecule has 32 heavy (non-hydrogen) atoms. The van der Waals surface area contributed by atoms with E-state index in [1.54, 1.807) is 18.2 Å². The summed E-state index contributed by atoms with van der Waals surface area (Å²) in [7, 11) is 4.42. The maximum absolute atomic E-state index is 12.4. The summed E-state index contributed by atoms with van der Waals surface area (Å²) in [5, 5.41) is 11.9. The topological polar surface area (TPSA) is 157 Å². The van der Waals surface area contributed by atoms with Crippen molar-refractivity contribution in [2.75, 3.05) is 32.7 Å². The van der Waals surface area contributed by atoms with Gasteiger partial charge in [0.25, 0.3) is 5.91 Å². The highest BCUT2D eigenvalue weighted by atomic mass is 16.5. The summed E-state index contributed by atoms with van der Waals surface area (Å²) in [5.74, 6) is 0.103. The van der Waals surface area contributed by atoms with Gasteiger partial charge in [-0.15, -0.1) is 0 Å². The third-order valence-electron chi connectivity index (χ3n) is 5.02. The first-order valence-corrected chi connectivity index (χ1v) is 9.83. The first-order chi connectivity index (χ1) is 15.3. The number of phenols is 1. The van der Waals surface area contributed by atoms with Gasteiger partial charge in [0, 0.05) is 54.6 Å². The molecule has 2 amide bonds. The van der Waals surface area contributed by atoms with Crippen LogP contribution in [-0.2, 0) is 16.1 Å². The Balaban J connectivity index is 0.000000258. The van der Waals surface area contributed by atoms with Crippen LogP contribution < -0.4 is 26.3 Å². The molecule has 0 saturated carbocycles. The molecule has 2 aromatic carbocycles. The molecule has 10 nitrogen and oxygen atoms in total. The van der Waals surface area contributed by atoms with Crippen molar-refractivity contribution in [2.24, 2.45) is 0 Å². The van der Waals surface area contributed by atoms with E-state index in [1.165, 1.54) is 38.3 Å². The standard InChI is InChI=1S/C14H17N3O3.C8H11NO3/c1-16-13(19)12(6-3-7-18)17-8-10-9(14(17)20)4-2-5-11(10)15;1-11-6-3-5(9)4-7(12-2)8(6)10/h2,4-5,7,12H,3,6,8,15H2,1H3,(H,16,19);3-4,10H,9H2,1-2H3. The molecule has 1 atom stereocenters. The summed E-state index contributed by atoms with van der Waals surface area (Å²) in [5.41, 5.74) is 13.7. The molecule has 0 radical (unpaired) electrons. The number of amides is 2. The van der Waals surface area contributed by atoms with Gasteiger partial charge < -0.3 is 41.1 Å². The van der Waals surface area contributed by atoms with E-state index in [0.29, 0.717) is 41.4 Å². The molecule has 1 aliphatic heterocycles. The Kier molecular flexibility index (Phi) is 8.28. The zero-order chi connectivity index (χ0) is 23.8. The number of anilines is 2. The minimum absolute atomic E-state index is 0.0331. The Morgan fingerprint density at radius 2 is 1.88 bits per heavy atom. The number of phenolic OH excluding ortho intramolecular Hbond substituents is 1. The molecule has 1 unspecified atom stereocenters. The van der Waals surface area contributed by atoms with Crippen LogP contribution in [0, 0.1) is 0 Å². The molecular weight excluding hydrogens is 416 g/mol. The minimum atomic E-state index is -0.649. The molecule has 0 aliphatic carbocycles. The number of methoxy groups -OCH3 is 2. The van der Waals surface area contributed by atoms with Gasteiger partial charge in [-0.3, -0.25) is 9.59 Å². The number of rotatable bonds is 7. The number of carbonyl (C=O) groups excluding carboxylic acids is 3. The average molecular weight is 444 g/mol. The molecule has 0 spiro atoms. The number of hydrogen-bond donors (Lipinski definition) is 4. The first-order valence-electron chi connectivity index (χ1n) is 9.83. The molecule has 172 valence electrons. The van der Waals surface area contributed by atoms with Crippen molar-refractivity contribution in [1.29, 1.82) is 0 Å². The Labute approximate surface area is 186 Å². The van der Waals surface area contributed by atoms with Crippen molar-refractivity contribution in [2.45, 2.75) is 25.4 Å². The molecule has 0 saturated heterocycles. The monoisotopic (exact) mass is 444 g/mol. The van der Waals surface area contributed by atoms with E-state index in [0.717, 1.165) is 11.8 Å². The van der Waals surface area contributed by atoms with Crippen molar-refractivity contribution in [1.82, 2.24) is 10.2 Å². The van der Waals surface area contributed by atoms with E-state index in [9.17, 15) is 19.5 Å². The first kappa shape index (κ1) is 24.3. The molecule has 0 fully saturated rings. The number of carbonyl (C=O) groups is 3. The third-order valence-corrected chi connectivity index (χ3v) is 5.02. The zero-order valence-corrected chi connectivity index (χ0v) is 18.3. The Morgan fingerprint density at radius 1 is 1.25 bits per heavy atom. The summed E-state index contributed by atoms with van der Waals surface area (Å²) in [6, 6.07) is 7.56. The molecule has 6 N–H and O–H groups in total. The predicted octanol–water partition coefficient (Wildman–Crippen LogP) is 1.31. The number of nitrogens with one attached hydrogen (secondary N) is 1. The highest BCUT2D eigenvalue weighted by Gasteiger charge is 2.36. The van der Waals surface area contributed by atoms with Crippen LogP contribution in [0.4, 0.5) is 11.4 Å². The lowest BCUT2D eigenvalue weighted by Gasteiger charge is -2.25. The number of benzene rings is 2. The normalized spacial score (nSPS) is 12.8. The predicted molar refractivity (Wildman–Crippen MR) is 120 cm³/mol. The lowest BCUT2D eigenvalue weighted by molar-refractivity contribution is -0.125. The molecule has 1 heterocycles. The van der Waals surface area contributed by atoms with Crippen LogP contribution in [0.5, 0.6) is 17.2 Å². The van der Waals surface area contributed by atoms with E-state index in [2.05, 4.69) is 5.32 Å². The molecule has 3 rings (SSSR count). The summed E-state index contributed by atoms with van der Waals surface area (Å²) in [6.07, 6.45) is 1.29. The van der Waals surface area contributed by atoms with Gasteiger partial charge >= 0.3 is 0 Å². The van der Waals surface area contributed by atoms with Crippen molar-refractivity contribution in [3.8, 4) is 17.2 Å². The van der Waals surface area contributed by atoms with Crippen LogP contribution in [0.3, 0.4) is 0 Å². The second-order valence-electron chi connectivity index (χ2n) is 6.95. The number of nitrogen functional groups attached to an aromatic ring is 2. The molecule has 0 aromatic heterocycles. The van der Waals surface area contributed by atoms with Crippen molar-refractivity contribution < 1.29 is 29.0 Å². The van der Waals surface area contributed by atoms with Crippen LogP contribution in [0.1, 0.15) is 28.8 Å². The van der Waals surface area contributed by atoms with E-state index < -0.39 is 6.04 Å². The van der Waals surface area contributed by atoms with Crippen LogP contribution in [0.2, 0.25) is 0 Å². The quantitative estimate of drug-likeness (QED) is 0.283. The van der Waals surface area contributed by atoms with Gasteiger partial charge in [-0.1, -0.05) is 6.07 Å². The number of nitrogens with zero attached hydrogens (tertiary/aromatic N) is 1. The lowest BCUT2D eigenvalue weighted by Crippen LogP contribution is -2.46. The van der Waals surface area contributed by atoms with Crippen LogP contribution in [0.25, 0.3) is 0 Å². The average Bonchev–Trinajstić information content (AvgIpc) is 3.13. The highest BCUT2D eigenvalue weighted by Crippen LogP contribution is 2.37. The number of ether oxygens (including phenoxy) is 2. The Hall–Kier alpha value is -3.95. The van der Waals surface area contributed by atoms with Crippen molar-refractivity contribution >= 4 is 29.5 Å². The number of nitrogens with two attached hydrogens (primary N) is 2. The van der Waals surface area contributed by atoms with Gasteiger partial charge in [-0.05, 0) is 18.6 Å². The summed E-state index contributed by atoms with van der Waals surface area (Å²) < 4.78 is 9.72. The second-order valence-corrected chi connectivity index (χ2v) is 6.95. The molecule has 10 heteroatoms. The number of hydrogen-bond acceptors (Lipinski definition) is 8. The molecule has 0 bridgehead atoms. The van der Waals surface area contributed by atoms with Crippen molar-refractivity contribution in [3.05, 3.63) is 41.5 Å². The maximum Gasteiger partial charge on any atom is 0.255 e. The van der Waals surface area contributed by atoms with Crippen LogP contribution in [-0.4, -0.2) is 55.4 Å². The van der Waals surface area contributed by atoms with Gasteiger partial charge in [0.1, 0.15) is 12.3 Å². The molecule has 2 aromatic rings. The second kappa shape index (κ2) is 10.9. The van der Waals surface area contributed by atoms with E-state index >= 15 is 0 Å². The Bertz CT molecular complexity index is 969. The SMILES string of the molecule is CNC(=O)C(CCC=O)N1Cc2c(N)cccc2C1=O.COc1cc(N)cc(OC)c1O. The number of aromatic hydroxyl groups is 1. The summed E-state index contributed by atoms with van der Waals surface area (Å²) in [4.78, 5) is 36.3. The molecule has 1 aliphatic rings. The largest absolute Gasteiger partial charge is 0.502 e. The number of aldehydes is 1. The van der Waals surface area contributed by atoms with Crippen LogP contribution in [0.15, 0.2) is 30.3 Å². The maximum atomic E-state index is 12.4. The highest BCUT2D eigenvalue weighted by molar-refractivity contribution is 6.02. The fraction of sp³-hybridized carbons (Fsp3) is 0.318. The van der Waals surface area contributed by atoms with Gasteiger partial charge in [0.15, 0.2) is 11.5 Å². The van der Waals surface area contributed by atoms with E-state index in [1.807, 2.05) is 0 Å². The third kappa shape index (κ3) is 5.20. The van der Waals surface area contributed by atoms with Gasteiger partial charge in [0.05, 0.1) is 14.2 Å². The fourth-order valence-electron chi connectivity index (χ4n) is 3.36. The van der Waals surface area contributed by atoms with Gasteiger partial charge in [0.2, 0.25) is 11.7 Å². The fourth-order valence-corrected chi connectivity index (χ4v) is 3.36.